The highest BCUT2D eigenvalue weighted by atomic mass is 16.5. The molecule has 0 aliphatic heterocycles. The van der Waals surface area contributed by atoms with Crippen LogP contribution in [0.1, 0.15) is 38.0 Å². The van der Waals surface area contributed by atoms with Crippen molar-refractivity contribution in [2.45, 2.75) is 38.1 Å². The van der Waals surface area contributed by atoms with Crippen LogP contribution in [0.25, 0.3) is 0 Å². The first-order valence-electron chi connectivity index (χ1n) is 4.83. The van der Waals surface area contributed by atoms with Gasteiger partial charge in [0.25, 0.3) is 5.95 Å². The summed E-state index contributed by atoms with van der Waals surface area (Å²) in [5.74, 6) is 4.38. The number of terminal acetylenes is 1. The Morgan fingerprint density at radius 2 is 2.50 bits per heavy atom. The van der Waals surface area contributed by atoms with Crippen LogP contribution in [0, 0.1) is 12.3 Å². The fourth-order valence-corrected chi connectivity index (χ4v) is 1.24. The molecular formula is C10H13N3O. The summed E-state index contributed by atoms with van der Waals surface area (Å²) in [7, 11) is 0. The van der Waals surface area contributed by atoms with E-state index in [0.29, 0.717) is 18.3 Å². The van der Waals surface area contributed by atoms with Crippen molar-refractivity contribution >= 4 is 5.95 Å². The van der Waals surface area contributed by atoms with Crippen LogP contribution >= 0.6 is 0 Å². The zero-order valence-corrected chi connectivity index (χ0v) is 8.16. The molecule has 1 aromatic rings. The lowest BCUT2D eigenvalue weighted by Gasteiger charge is -2.06. The van der Waals surface area contributed by atoms with Gasteiger partial charge in [-0.05, 0) is 24.9 Å². The van der Waals surface area contributed by atoms with Gasteiger partial charge in [-0.15, -0.1) is 12.3 Å². The number of rotatable bonds is 4. The first kappa shape index (κ1) is 9.07. The molecule has 1 N–H and O–H groups in total. The van der Waals surface area contributed by atoms with E-state index in [0.717, 1.165) is 5.89 Å². The van der Waals surface area contributed by atoms with Crippen molar-refractivity contribution in [2.24, 2.45) is 0 Å². The molecule has 14 heavy (non-hydrogen) atoms. The second-order valence-corrected chi connectivity index (χ2v) is 3.68. The molecule has 1 aliphatic rings. The van der Waals surface area contributed by atoms with E-state index >= 15 is 0 Å². The Balaban J connectivity index is 1.92. The second-order valence-electron chi connectivity index (χ2n) is 3.68. The van der Waals surface area contributed by atoms with Gasteiger partial charge in [0.05, 0.1) is 0 Å². The molecule has 1 aliphatic carbocycles. The van der Waals surface area contributed by atoms with Gasteiger partial charge in [-0.2, -0.15) is 4.98 Å². The fourth-order valence-electron chi connectivity index (χ4n) is 1.24. The Hall–Kier alpha value is -1.50. The molecule has 0 amide bonds. The largest absolute Gasteiger partial charge is 0.348 e. The number of nitrogens with zero attached hydrogens (tertiary/aromatic N) is 2. The summed E-state index contributed by atoms with van der Waals surface area (Å²) in [5.41, 5.74) is 0. The van der Waals surface area contributed by atoms with Crippen molar-refractivity contribution in [3.8, 4) is 12.3 Å². The molecule has 74 valence electrons. The van der Waals surface area contributed by atoms with Crippen molar-refractivity contribution in [3.05, 3.63) is 5.89 Å². The highest BCUT2D eigenvalue weighted by Gasteiger charge is 2.29. The van der Waals surface area contributed by atoms with E-state index in [4.69, 9.17) is 10.9 Å². The fraction of sp³-hybridized carbons (Fsp3) is 0.600. The minimum Gasteiger partial charge on any atom is -0.348 e. The topological polar surface area (TPSA) is 51.0 Å². The summed E-state index contributed by atoms with van der Waals surface area (Å²) in [6, 6.07) is 0.185. The molecule has 4 nitrogen and oxygen atoms in total. The number of nitrogens with one attached hydrogen (secondary N) is 1. The zero-order valence-electron chi connectivity index (χ0n) is 8.16. The number of hydrogen-bond acceptors (Lipinski definition) is 4. The Morgan fingerprint density at radius 1 is 1.71 bits per heavy atom. The normalized spacial score (nSPS) is 17.4. The maximum Gasteiger partial charge on any atom is 0.263 e. The van der Waals surface area contributed by atoms with Gasteiger partial charge in [0.2, 0.25) is 5.89 Å². The Labute approximate surface area is 83.1 Å². The van der Waals surface area contributed by atoms with Crippen LogP contribution in [0.3, 0.4) is 0 Å². The quantitative estimate of drug-likeness (QED) is 0.737. The molecular weight excluding hydrogens is 178 g/mol. The van der Waals surface area contributed by atoms with Gasteiger partial charge in [-0.25, -0.2) is 0 Å². The first-order chi connectivity index (χ1) is 6.79. The molecule has 0 bridgehead atoms. The third-order valence-corrected chi connectivity index (χ3v) is 2.17. The van der Waals surface area contributed by atoms with Crippen LogP contribution in [0.15, 0.2) is 4.52 Å². The van der Waals surface area contributed by atoms with Crippen molar-refractivity contribution in [1.29, 1.82) is 0 Å². The van der Waals surface area contributed by atoms with Crippen molar-refractivity contribution in [1.82, 2.24) is 10.1 Å². The summed E-state index contributed by atoms with van der Waals surface area (Å²) in [5, 5.41) is 6.92. The zero-order chi connectivity index (χ0) is 9.97. The van der Waals surface area contributed by atoms with Gasteiger partial charge in [-0.3, -0.25) is 0 Å². The van der Waals surface area contributed by atoms with Crippen LogP contribution in [0.5, 0.6) is 0 Å². The summed E-state index contributed by atoms with van der Waals surface area (Å²) in [6.07, 6.45) is 8.19. The molecule has 1 fully saturated rings. The predicted molar refractivity (Wildman–Crippen MR) is 52.8 cm³/mol. The summed E-state index contributed by atoms with van der Waals surface area (Å²) in [6.45, 7) is 1.99. The smallest absolute Gasteiger partial charge is 0.263 e. The van der Waals surface area contributed by atoms with Crippen molar-refractivity contribution < 1.29 is 4.52 Å². The van der Waals surface area contributed by atoms with Crippen LogP contribution in [-0.2, 0) is 0 Å². The minimum atomic E-state index is 0.185. The van der Waals surface area contributed by atoms with Gasteiger partial charge >= 0.3 is 0 Å². The van der Waals surface area contributed by atoms with Crippen LogP contribution in [0.2, 0.25) is 0 Å². The lowest BCUT2D eigenvalue weighted by molar-refractivity contribution is 0.380. The molecule has 4 heteroatoms. The standard InChI is InChI=1S/C10H13N3O/c1-3-4-7(2)11-10-12-9(14-13-10)8-5-6-8/h1,7-8H,4-6H2,2H3,(H,11,13). The van der Waals surface area contributed by atoms with Gasteiger partial charge in [-0.1, -0.05) is 0 Å². The molecule has 1 aromatic heterocycles. The van der Waals surface area contributed by atoms with Gasteiger partial charge in [0.1, 0.15) is 0 Å². The van der Waals surface area contributed by atoms with Gasteiger partial charge < -0.3 is 9.84 Å². The van der Waals surface area contributed by atoms with E-state index in [1.807, 2.05) is 6.92 Å². The Bertz CT molecular complexity index is 348. The van der Waals surface area contributed by atoms with Gasteiger partial charge in [0.15, 0.2) is 0 Å². The third kappa shape index (κ3) is 2.05. The molecule has 0 spiro atoms. The van der Waals surface area contributed by atoms with E-state index in [1.54, 1.807) is 0 Å². The van der Waals surface area contributed by atoms with E-state index in [1.165, 1.54) is 12.8 Å². The van der Waals surface area contributed by atoms with Gasteiger partial charge in [0, 0.05) is 18.4 Å². The van der Waals surface area contributed by atoms with E-state index in [-0.39, 0.29) is 6.04 Å². The average Bonchev–Trinajstić information content (AvgIpc) is 2.89. The maximum absolute atomic E-state index is 5.19. The van der Waals surface area contributed by atoms with E-state index in [9.17, 15) is 0 Å². The molecule has 0 radical (unpaired) electrons. The van der Waals surface area contributed by atoms with E-state index in [2.05, 4.69) is 21.4 Å². The number of hydrogen-bond donors (Lipinski definition) is 1. The molecule has 0 aromatic carbocycles. The third-order valence-electron chi connectivity index (χ3n) is 2.17. The molecule has 1 unspecified atom stereocenters. The predicted octanol–water partition coefficient (Wildman–Crippen LogP) is 1.77. The Kier molecular flexibility index (Phi) is 2.40. The first-order valence-corrected chi connectivity index (χ1v) is 4.83. The van der Waals surface area contributed by atoms with Crippen LogP contribution in [-0.4, -0.2) is 16.2 Å². The lowest BCUT2D eigenvalue weighted by atomic mass is 10.2. The van der Waals surface area contributed by atoms with Crippen molar-refractivity contribution in [3.63, 3.8) is 0 Å². The lowest BCUT2D eigenvalue weighted by Crippen LogP contribution is -2.14. The highest BCUT2D eigenvalue weighted by Crippen LogP contribution is 2.39. The maximum atomic E-state index is 5.19. The second kappa shape index (κ2) is 3.70. The summed E-state index contributed by atoms with van der Waals surface area (Å²) < 4.78 is 5.09. The molecule has 1 saturated carbocycles. The summed E-state index contributed by atoms with van der Waals surface area (Å²) in [4.78, 5) is 4.24. The number of anilines is 1. The Morgan fingerprint density at radius 3 is 3.14 bits per heavy atom. The molecule has 2 rings (SSSR count). The monoisotopic (exact) mass is 191 g/mol. The summed E-state index contributed by atoms with van der Waals surface area (Å²) >= 11 is 0. The van der Waals surface area contributed by atoms with Crippen LogP contribution in [0.4, 0.5) is 5.95 Å². The van der Waals surface area contributed by atoms with Crippen LogP contribution < -0.4 is 5.32 Å². The van der Waals surface area contributed by atoms with Crippen molar-refractivity contribution in [2.75, 3.05) is 5.32 Å². The SMILES string of the molecule is C#CCC(C)Nc1noc(C2CC2)n1. The highest BCUT2D eigenvalue weighted by molar-refractivity contribution is 5.25. The molecule has 1 heterocycles. The molecule has 1 atom stereocenters. The van der Waals surface area contributed by atoms with E-state index < -0.39 is 0 Å². The average molecular weight is 191 g/mol. The number of aromatic nitrogens is 2. The minimum absolute atomic E-state index is 0.185. The molecule has 0 saturated heterocycles.